The van der Waals surface area contributed by atoms with Gasteiger partial charge in [0.1, 0.15) is 0 Å². The smallest absolute Gasteiger partial charge is 0.227 e. The number of nitrogen functional groups attached to an aromatic ring is 1. The standard InChI is InChI=1S/C11H13ClN2O/c12-8-4-5-10(9(13)6-8)14-11(15)7-2-1-3-7/h4-7H,1-3,13H2,(H,14,15). The molecule has 3 nitrogen and oxygen atoms in total. The number of nitrogens with one attached hydrogen (secondary N) is 1. The van der Waals surface area contributed by atoms with Crippen LogP contribution in [0.25, 0.3) is 0 Å². The Labute approximate surface area is 93.6 Å². The van der Waals surface area contributed by atoms with Crippen LogP contribution >= 0.6 is 11.6 Å². The maximum atomic E-state index is 11.6. The van der Waals surface area contributed by atoms with E-state index in [9.17, 15) is 4.79 Å². The van der Waals surface area contributed by atoms with E-state index in [-0.39, 0.29) is 11.8 Å². The third-order valence-electron chi connectivity index (χ3n) is 2.75. The molecule has 0 saturated heterocycles. The van der Waals surface area contributed by atoms with Crippen molar-refractivity contribution in [1.82, 2.24) is 0 Å². The number of nitrogens with two attached hydrogens (primary N) is 1. The fourth-order valence-electron chi connectivity index (χ4n) is 1.55. The lowest BCUT2D eigenvalue weighted by Crippen LogP contribution is -2.28. The SMILES string of the molecule is Nc1cc(Cl)ccc1NC(=O)C1CCC1. The molecule has 15 heavy (non-hydrogen) atoms. The quantitative estimate of drug-likeness (QED) is 0.759. The fraction of sp³-hybridized carbons (Fsp3) is 0.364. The van der Waals surface area contributed by atoms with E-state index in [1.165, 1.54) is 0 Å². The van der Waals surface area contributed by atoms with Crippen molar-refractivity contribution >= 4 is 28.9 Å². The average molecular weight is 225 g/mol. The third-order valence-corrected chi connectivity index (χ3v) is 2.98. The Morgan fingerprint density at radius 2 is 2.20 bits per heavy atom. The molecule has 0 unspecified atom stereocenters. The largest absolute Gasteiger partial charge is 0.397 e. The summed E-state index contributed by atoms with van der Waals surface area (Å²) in [4.78, 5) is 11.6. The van der Waals surface area contributed by atoms with E-state index in [1.807, 2.05) is 0 Å². The summed E-state index contributed by atoms with van der Waals surface area (Å²) in [5.74, 6) is 0.232. The van der Waals surface area contributed by atoms with Gasteiger partial charge in [0.25, 0.3) is 0 Å². The summed E-state index contributed by atoms with van der Waals surface area (Å²) in [5, 5.41) is 3.39. The van der Waals surface area contributed by atoms with Crippen LogP contribution in [0.3, 0.4) is 0 Å². The number of amides is 1. The summed E-state index contributed by atoms with van der Waals surface area (Å²) >= 11 is 5.76. The van der Waals surface area contributed by atoms with E-state index >= 15 is 0 Å². The first-order valence-corrected chi connectivity index (χ1v) is 5.40. The molecule has 1 aliphatic rings. The van der Waals surface area contributed by atoms with Gasteiger partial charge in [0.2, 0.25) is 5.91 Å². The summed E-state index contributed by atoms with van der Waals surface area (Å²) in [5.41, 5.74) is 6.89. The molecule has 2 rings (SSSR count). The molecule has 80 valence electrons. The van der Waals surface area contributed by atoms with Crippen molar-refractivity contribution < 1.29 is 4.79 Å². The van der Waals surface area contributed by atoms with Crippen molar-refractivity contribution in [1.29, 1.82) is 0 Å². The monoisotopic (exact) mass is 224 g/mol. The van der Waals surface area contributed by atoms with Gasteiger partial charge >= 0.3 is 0 Å². The summed E-state index contributed by atoms with van der Waals surface area (Å²) in [6.45, 7) is 0. The molecule has 0 bridgehead atoms. The third kappa shape index (κ3) is 2.23. The van der Waals surface area contributed by atoms with Crippen molar-refractivity contribution in [2.45, 2.75) is 19.3 Å². The molecule has 0 spiro atoms. The van der Waals surface area contributed by atoms with Gasteiger partial charge in [-0.1, -0.05) is 18.0 Å². The molecule has 0 radical (unpaired) electrons. The van der Waals surface area contributed by atoms with Crippen molar-refractivity contribution in [3.05, 3.63) is 23.2 Å². The van der Waals surface area contributed by atoms with Crippen LogP contribution in [0.4, 0.5) is 11.4 Å². The summed E-state index contributed by atoms with van der Waals surface area (Å²) in [6, 6.07) is 5.08. The Morgan fingerprint density at radius 3 is 2.73 bits per heavy atom. The molecule has 1 aromatic carbocycles. The van der Waals surface area contributed by atoms with E-state index in [1.54, 1.807) is 18.2 Å². The van der Waals surface area contributed by atoms with E-state index < -0.39 is 0 Å². The van der Waals surface area contributed by atoms with Crippen LogP contribution in [0.1, 0.15) is 19.3 Å². The molecule has 0 aliphatic heterocycles. The van der Waals surface area contributed by atoms with Gasteiger partial charge in [0.15, 0.2) is 0 Å². The van der Waals surface area contributed by atoms with E-state index in [2.05, 4.69) is 5.32 Å². The highest BCUT2D eigenvalue weighted by Gasteiger charge is 2.25. The van der Waals surface area contributed by atoms with Gasteiger partial charge in [0, 0.05) is 10.9 Å². The van der Waals surface area contributed by atoms with Crippen LogP contribution in [0.2, 0.25) is 5.02 Å². The van der Waals surface area contributed by atoms with Crippen molar-refractivity contribution in [2.24, 2.45) is 5.92 Å². The maximum Gasteiger partial charge on any atom is 0.227 e. The van der Waals surface area contributed by atoms with Crippen molar-refractivity contribution in [2.75, 3.05) is 11.1 Å². The molecule has 1 fully saturated rings. The first-order valence-electron chi connectivity index (χ1n) is 5.02. The van der Waals surface area contributed by atoms with Crippen LogP contribution in [0.5, 0.6) is 0 Å². The second kappa shape index (κ2) is 4.11. The lowest BCUT2D eigenvalue weighted by atomic mass is 9.85. The fourth-order valence-corrected chi connectivity index (χ4v) is 1.73. The molecule has 0 aromatic heterocycles. The molecule has 3 N–H and O–H groups in total. The minimum atomic E-state index is 0.0651. The summed E-state index contributed by atoms with van der Waals surface area (Å²) < 4.78 is 0. The molecular formula is C11H13ClN2O. The minimum Gasteiger partial charge on any atom is -0.397 e. The predicted molar refractivity (Wildman–Crippen MR) is 61.8 cm³/mol. The number of carbonyl (C=O) groups excluding carboxylic acids is 1. The lowest BCUT2D eigenvalue weighted by molar-refractivity contribution is -0.122. The first-order chi connectivity index (χ1) is 7.16. The van der Waals surface area contributed by atoms with Crippen molar-refractivity contribution in [3.8, 4) is 0 Å². The highest BCUT2D eigenvalue weighted by molar-refractivity contribution is 6.31. The molecule has 1 aromatic rings. The molecular weight excluding hydrogens is 212 g/mol. The highest BCUT2D eigenvalue weighted by atomic mass is 35.5. The normalized spacial score (nSPS) is 15.8. The van der Waals surface area contributed by atoms with E-state index in [0.717, 1.165) is 19.3 Å². The Balaban J connectivity index is 2.06. The van der Waals surface area contributed by atoms with Gasteiger partial charge in [0.05, 0.1) is 11.4 Å². The number of hydrogen-bond donors (Lipinski definition) is 2. The zero-order valence-electron chi connectivity index (χ0n) is 8.29. The molecule has 0 heterocycles. The number of anilines is 2. The summed E-state index contributed by atoms with van der Waals surface area (Å²) in [6.07, 6.45) is 3.12. The average Bonchev–Trinajstić information content (AvgIpc) is 2.07. The maximum absolute atomic E-state index is 11.6. The molecule has 4 heteroatoms. The van der Waals surface area contributed by atoms with Gasteiger partial charge in [-0.2, -0.15) is 0 Å². The van der Waals surface area contributed by atoms with Gasteiger partial charge in [-0.25, -0.2) is 0 Å². The second-order valence-corrected chi connectivity index (χ2v) is 4.29. The molecule has 1 aliphatic carbocycles. The predicted octanol–water partition coefficient (Wildman–Crippen LogP) is 2.66. The summed E-state index contributed by atoms with van der Waals surface area (Å²) in [7, 11) is 0. The Bertz CT molecular complexity index is 388. The van der Waals surface area contributed by atoms with Crippen molar-refractivity contribution in [3.63, 3.8) is 0 Å². The van der Waals surface area contributed by atoms with Gasteiger partial charge < -0.3 is 11.1 Å². The molecule has 0 atom stereocenters. The zero-order valence-corrected chi connectivity index (χ0v) is 9.05. The van der Waals surface area contributed by atoms with Crippen LogP contribution in [0, 0.1) is 5.92 Å². The number of halogens is 1. The van der Waals surface area contributed by atoms with Crippen LogP contribution in [0.15, 0.2) is 18.2 Å². The molecule has 1 saturated carbocycles. The minimum absolute atomic E-state index is 0.0651. The highest BCUT2D eigenvalue weighted by Crippen LogP contribution is 2.29. The van der Waals surface area contributed by atoms with Gasteiger partial charge in [-0.15, -0.1) is 0 Å². The van der Waals surface area contributed by atoms with Gasteiger partial charge in [-0.05, 0) is 31.0 Å². The van der Waals surface area contributed by atoms with Crippen LogP contribution in [-0.2, 0) is 4.79 Å². The number of carbonyl (C=O) groups is 1. The molecule has 1 amide bonds. The topological polar surface area (TPSA) is 55.1 Å². The van der Waals surface area contributed by atoms with Crippen LogP contribution < -0.4 is 11.1 Å². The Hall–Kier alpha value is -1.22. The number of rotatable bonds is 2. The number of benzene rings is 1. The van der Waals surface area contributed by atoms with Gasteiger partial charge in [-0.3, -0.25) is 4.79 Å². The van der Waals surface area contributed by atoms with E-state index in [0.29, 0.717) is 16.4 Å². The number of hydrogen-bond acceptors (Lipinski definition) is 2. The second-order valence-electron chi connectivity index (χ2n) is 3.85. The van der Waals surface area contributed by atoms with E-state index in [4.69, 9.17) is 17.3 Å². The Morgan fingerprint density at radius 1 is 1.47 bits per heavy atom. The van der Waals surface area contributed by atoms with Crippen LogP contribution in [-0.4, -0.2) is 5.91 Å². The lowest BCUT2D eigenvalue weighted by Gasteiger charge is -2.24. The Kier molecular flexibility index (Phi) is 2.82. The zero-order chi connectivity index (χ0) is 10.8. The first kappa shape index (κ1) is 10.3.